The Morgan fingerprint density at radius 3 is 2.31 bits per heavy atom. The van der Waals surface area contributed by atoms with Gasteiger partial charge in [-0.2, -0.15) is 0 Å². The van der Waals surface area contributed by atoms with Crippen molar-refractivity contribution in [1.29, 1.82) is 0 Å². The number of hydrogen-bond donors (Lipinski definition) is 0. The molecule has 0 aromatic carbocycles. The molecule has 0 aliphatic carbocycles. The smallest absolute Gasteiger partial charge is 0.352 e. The summed E-state index contributed by atoms with van der Waals surface area (Å²) in [5, 5.41) is 3.02. The van der Waals surface area contributed by atoms with Crippen LogP contribution in [0.4, 0.5) is 0 Å². The van der Waals surface area contributed by atoms with Crippen molar-refractivity contribution in [3.8, 4) is 0 Å². The van der Waals surface area contributed by atoms with Crippen molar-refractivity contribution in [2.45, 2.75) is 45.8 Å². The molecule has 0 amide bonds. The molecule has 1 heterocycles. The Bertz CT molecular complexity index is 350. The molecule has 0 N–H and O–H groups in total. The van der Waals surface area contributed by atoms with E-state index >= 15 is 0 Å². The number of methoxy groups -OCH3 is 1. The second kappa shape index (κ2) is 4.86. The maximum atomic E-state index is 5.78. The summed E-state index contributed by atoms with van der Waals surface area (Å²) in [6, 6.07) is 0. The molecule has 0 aliphatic heterocycles. The lowest BCUT2D eigenvalue weighted by Crippen LogP contribution is -2.50. The Kier molecular flexibility index (Phi) is 4.15. The van der Waals surface area contributed by atoms with Crippen LogP contribution in [0.15, 0.2) is 5.38 Å². The predicted molar refractivity (Wildman–Crippen MR) is 68.5 cm³/mol. The standard InChI is InChI=1S/C11H19BNO2S/c1-8-13-9(7-16-8)12-15-11(4,5)10(2,3)14-6/h7H,1-6H3. The summed E-state index contributed by atoms with van der Waals surface area (Å²) in [7, 11) is 3.39. The highest BCUT2D eigenvalue weighted by Gasteiger charge is 2.38. The van der Waals surface area contributed by atoms with Crippen LogP contribution in [0.5, 0.6) is 0 Å². The lowest BCUT2D eigenvalue weighted by molar-refractivity contribution is -0.114. The summed E-state index contributed by atoms with van der Waals surface area (Å²) in [4.78, 5) is 4.32. The topological polar surface area (TPSA) is 31.4 Å². The van der Waals surface area contributed by atoms with E-state index in [9.17, 15) is 0 Å². The van der Waals surface area contributed by atoms with E-state index in [0.717, 1.165) is 10.6 Å². The molecule has 0 bridgehead atoms. The average Bonchev–Trinajstić information content (AvgIpc) is 2.61. The van der Waals surface area contributed by atoms with Crippen molar-refractivity contribution in [2.75, 3.05) is 7.11 Å². The summed E-state index contributed by atoms with van der Waals surface area (Å²) in [6.07, 6.45) is 0. The zero-order chi connectivity index (χ0) is 12.4. The van der Waals surface area contributed by atoms with Crippen molar-refractivity contribution in [3.63, 3.8) is 0 Å². The van der Waals surface area contributed by atoms with E-state index in [2.05, 4.69) is 4.98 Å². The zero-order valence-electron chi connectivity index (χ0n) is 10.8. The molecule has 0 saturated heterocycles. The predicted octanol–water partition coefficient (Wildman–Crippen LogP) is 1.92. The van der Waals surface area contributed by atoms with E-state index in [0.29, 0.717) is 0 Å². The maximum absolute atomic E-state index is 5.78. The largest absolute Gasteiger partial charge is 0.425 e. The third-order valence-corrected chi connectivity index (χ3v) is 3.86. The van der Waals surface area contributed by atoms with Gasteiger partial charge in [0.05, 0.1) is 16.2 Å². The van der Waals surface area contributed by atoms with Gasteiger partial charge in [0.2, 0.25) is 0 Å². The van der Waals surface area contributed by atoms with Crippen LogP contribution < -0.4 is 5.59 Å². The van der Waals surface area contributed by atoms with E-state index in [1.807, 2.05) is 40.0 Å². The van der Waals surface area contributed by atoms with Gasteiger partial charge in [-0.25, -0.2) is 0 Å². The van der Waals surface area contributed by atoms with Gasteiger partial charge in [-0.1, -0.05) is 0 Å². The quantitative estimate of drug-likeness (QED) is 0.737. The van der Waals surface area contributed by atoms with E-state index in [1.165, 1.54) is 0 Å². The molecule has 89 valence electrons. The summed E-state index contributed by atoms with van der Waals surface area (Å²) >= 11 is 1.61. The highest BCUT2D eigenvalue weighted by molar-refractivity contribution is 7.10. The number of ether oxygens (including phenoxy) is 1. The van der Waals surface area contributed by atoms with Gasteiger partial charge in [0, 0.05) is 18.1 Å². The number of hydrogen-bond acceptors (Lipinski definition) is 4. The fourth-order valence-electron chi connectivity index (χ4n) is 1.03. The number of nitrogens with zero attached hydrogens (tertiary/aromatic N) is 1. The first kappa shape index (κ1) is 13.7. The molecule has 1 aromatic heterocycles. The molecule has 1 rings (SSSR count). The Morgan fingerprint density at radius 1 is 1.25 bits per heavy atom. The Balaban J connectivity index is 2.60. The SMILES string of the molecule is COC(C)(C)C(C)(C)O[B]c1csc(C)n1. The molecule has 1 radical (unpaired) electrons. The Hall–Kier alpha value is -0.385. The molecule has 5 heteroatoms. The van der Waals surface area contributed by atoms with Gasteiger partial charge in [-0.15, -0.1) is 11.3 Å². The summed E-state index contributed by atoms with van der Waals surface area (Å²) in [5.41, 5.74) is 0.107. The zero-order valence-corrected chi connectivity index (χ0v) is 11.6. The van der Waals surface area contributed by atoms with Crippen molar-refractivity contribution in [1.82, 2.24) is 4.98 Å². The summed E-state index contributed by atoms with van der Waals surface area (Å²) < 4.78 is 11.2. The molecule has 16 heavy (non-hydrogen) atoms. The lowest BCUT2D eigenvalue weighted by Gasteiger charge is -2.40. The second-order valence-electron chi connectivity index (χ2n) is 4.75. The number of thiazole rings is 1. The minimum Gasteiger partial charge on any atom is -0.425 e. The molecule has 0 aliphatic rings. The number of aromatic nitrogens is 1. The van der Waals surface area contributed by atoms with E-state index < -0.39 is 5.60 Å². The number of aryl methyl sites for hydroxylation is 1. The van der Waals surface area contributed by atoms with Gasteiger partial charge in [-0.05, 0) is 34.6 Å². The van der Waals surface area contributed by atoms with Crippen LogP contribution in [0, 0.1) is 6.92 Å². The fraction of sp³-hybridized carbons (Fsp3) is 0.727. The minimum atomic E-state index is -0.404. The first-order valence-electron chi connectivity index (χ1n) is 5.27. The van der Waals surface area contributed by atoms with Crippen LogP contribution in [0.25, 0.3) is 0 Å². The van der Waals surface area contributed by atoms with Gasteiger partial charge < -0.3 is 9.39 Å². The van der Waals surface area contributed by atoms with E-state index in [-0.39, 0.29) is 5.60 Å². The molecule has 0 unspecified atom stereocenters. The molecule has 0 fully saturated rings. The normalized spacial score (nSPS) is 12.9. The lowest BCUT2D eigenvalue weighted by atomic mass is 9.85. The van der Waals surface area contributed by atoms with E-state index in [4.69, 9.17) is 9.39 Å². The monoisotopic (exact) mass is 240 g/mol. The van der Waals surface area contributed by atoms with Crippen molar-refractivity contribution in [2.24, 2.45) is 0 Å². The van der Waals surface area contributed by atoms with Crippen molar-refractivity contribution >= 4 is 24.4 Å². The first-order valence-corrected chi connectivity index (χ1v) is 6.15. The molecule has 3 nitrogen and oxygen atoms in total. The van der Waals surface area contributed by atoms with Crippen LogP contribution in [-0.2, 0) is 9.39 Å². The average molecular weight is 240 g/mol. The van der Waals surface area contributed by atoms with Crippen LogP contribution in [-0.4, -0.2) is 30.8 Å². The number of rotatable bonds is 5. The van der Waals surface area contributed by atoms with Gasteiger partial charge in [0.25, 0.3) is 0 Å². The third-order valence-electron chi connectivity index (χ3n) is 3.07. The summed E-state index contributed by atoms with van der Waals surface area (Å²) in [6.45, 7) is 10.0. The van der Waals surface area contributed by atoms with Gasteiger partial charge in [0.1, 0.15) is 0 Å². The Labute approximate surface area is 102 Å². The molecule has 0 atom stereocenters. The summed E-state index contributed by atoms with van der Waals surface area (Å²) in [5.74, 6) is 0. The molecular formula is C11H19BNO2S. The second-order valence-corrected chi connectivity index (χ2v) is 5.81. The molecule has 0 saturated carbocycles. The highest BCUT2D eigenvalue weighted by Crippen LogP contribution is 2.27. The molecular weight excluding hydrogens is 221 g/mol. The minimum absolute atomic E-state index is 0.353. The Morgan fingerprint density at radius 2 is 1.88 bits per heavy atom. The van der Waals surface area contributed by atoms with Gasteiger partial charge in [-0.3, -0.25) is 4.98 Å². The molecule has 0 spiro atoms. The van der Waals surface area contributed by atoms with Gasteiger partial charge >= 0.3 is 7.48 Å². The third kappa shape index (κ3) is 3.06. The van der Waals surface area contributed by atoms with Gasteiger partial charge in [0.15, 0.2) is 0 Å². The van der Waals surface area contributed by atoms with Crippen LogP contribution >= 0.6 is 11.3 Å². The van der Waals surface area contributed by atoms with E-state index in [1.54, 1.807) is 25.9 Å². The van der Waals surface area contributed by atoms with Crippen LogP contribution in [0.3, 0.4) is 0 Å². The maximum Gasteiger partial charge on any atom is 0.352 e. The molecule has 1 aromatic rings. The van der Waals surface area contributed by atoms with Crippen LogP contribution in [0.2, 0.25) is 0 Å². The van der Waals surface area contributed by atoms with Crippen molar-refractivity contribution in [3.05, 3.63) is 10.4 Å². The van der Waals surface area contributed by atoms with Crippen LogP contribution in [0.1, 0.15) is 32.7 Å². The fourth-order valence-corrected chi connectivity index (χ4v) is 1.59. The van der Waals surface area contributed by atoms with Crippen molar-refractivity contribution < 1.29 is 9.39 Å². The first-order chi connectivity index (χ1) is 7.28. The highest BCUT2D eigenvalue weighted by atomic mass is 32.1.